The summed E-state index contributed by atoms with van der Waals surface area (Å²) in [4.78, 5) is 31.9. The minimum absolute atomic E-state index is 0.248. The highest BCUT2D eigenvalue weighted by molar-refractivity contribution is 7.13. The minimum Gasteiger partial charge on any atom is -0.330 e. The number of benzene rings is 1. The van der Waals surface area contributed by atoms with Crippen molar-refractivity contribution in [2.45, 2.75) is 13.8 Å². The molecule has 2 amide bonds. The van der Waals surface area contributed by atoms with Crippen molar-refractivity contribution in [3.8, 4) is 10.6 Å². The SMILES string of the molecule is CCN(CC(=O)Nc1c(F)cccc1F)C(=O)c1ccc(-c2cccs2)nc1C. The highest BCUT2D eigenvalue weighted by Crippen LogP contribution is 2.24. The van der Waals surface area contributed by atoms with E-state index in [9.17, 15) is 18.4 Å². The third-order valence-electron chi connectivity index (χ3n) is 4.32. The molecule has 0 aliphatic heterocycles. The molecule has 2 heterocycles. The van der Waals surface area contributed by atoms with E-state index in [-0.39, 0.29) is 19.0 Å². The molecule has 1 aromatic carbocycles. The zero-order chi connectivity index (χ0) is 21.0. The number of hydrogen-bond acceptors (Lipinski definition) is 4. The Morgan fingerprint density at radius 1 is 1.10 bits per heavy atom. The van der Waals surface area contributed by atoms with Gasteiger partial charge in [-0.05, 0) is 49.6 Å². The number of para-hydroxylation sites is 1. The van der Waals surface area contributed by atoms with Crippen LogP contribution in [0.1, 0.15) is 23.0 Å². The molecule has 0 aliphatic carbocycles. The van der Waals surface area contributed by atoms with Gasteiger partial charge in [0.05, 0.1) is 21.8 Å². The number of nitrogens with zero attached hydrogens (tertiary/aromatic N) is 2. The van der Waals surface area contributed by atoms with Gasteiger partial charge in [-0.25, -0.2) is 8.78 Å². The number of amides is 2. The van der Waals surface area contributed by atoms with Crippen LogP contribution in [-0.4, -0.2) is 34.8 Å². The van der Waals surface area contributed by atoms with Gasteiger partial charge in [-0.2, -0.15) is 0 Å². The lowest BCUT2D eigenvalue weighted by atomic mass is 10.1. The van der Waals surface area contributed by atoms with E-state index in [1.165, 1.54) is 11.0 Å². The normalized spacial score (nSPS) is 10.6. The van der Waals surface area contributed by atoms with Crippen LogP contribution < -0.4 is 5.32 Å². The number of aromatic nitrogens is 1. The summed E-state index contributed by atoms with van der Waals surface area (Å²) in [5.74, 6) is -2.82. The summed E-state index contributed by atoms with van der Waals surface area (Å²) in [5, 5.41) is 4.14. The monoisotopic (exact) mass is 415 g/mol. The van der Waals surface area contributed by atoms with Crippen molar-refractivity contribution in [2.75, 3.05) is 18.4 Å². The van der Waals surface area contributed by atoms with Gasteiger partial charge >= 0.3 is 0 Å². The maximum Gasteiger partial charge on any atom is 0.256 e. The summed E-state index contributed by atoms with van der Waals surface area (Å²) in [6.45, 7) is 3.36. The Morgan fingerprint density at radius 2 is 1.83 bits per heavy atom. The Bertz CT molecular complexity index is 1020. The summed E-state index contributed by atoms with van der Waals surface area (Å²) in [7, 11) is 0. The summed E-state index contributed by atoms with van der Waals surface area (Å²) in [5.41, 5.74) is 1.15. The van der Waals surface area contributed by atoms with E-state index in [1.54, 1.807) is 37.3 Å². The van der Waals surface area contributed by atoms with Gasteiger partial charge in [-0.1, -0.05) is 12.1 Å². The molecule has 0 saturated heterocycles. The van der Waals surface area contributed by atoms with E-state index in [0.29, 0.717) is 11.3 Å². The van der Waals surface area contributed by atoms with Crippen LogP contribution in [0.15, 0.2) is 47.8 Å². The molecule has 0 saturated carbocycles. The molecule has 29 heavy (non-hydrogen) atoms. The first-order chi connectivity index (χ1) is 13.9. The third kappa shape index (κ3) is 4.65. The average molecular weight is 415 g/mol. The second-order valence-electron chi connectivity index (χ2n) is 6.27. The standard InChI is InChI=1S/C21H19F2N3O2S/c1-3-26(12-19(27)25-20-15(22)6-4-7-16(20)23)21(28)14-9-10-17(24-13(14)2)18-8-5-11-29-18/h4-11H,3,12H2,1-2H3,(H,25,27). The Hall–Kier alpha value is -3.13. The number of rotatable bonds is 6. The fourth-order valence-electron chi connectivity index (χ4n) is 2.82. The highest BCUT2D eigenvalue weighted by Gasteiger charge is 2.21. The molecule has 1 N–H and O–H groups in total. The van der Waals surface area contributed by atoms with Crippen molar-refractivity contribution in [3.63, 3.8) is 0 Å². The predicted octanol–water partition coefficient (Wildman–Crippen LogP) is 4.50. The van der Waals surface area contributed by atoms with Gasteiger partial charge in [0.15, 0.2) is 0 Å². The Kier molecular flexibility index (Phi) is 6.33. The first kappa shape index (κ1) is 20.6. The van der Waals surface area contributed by atoms with Gasteiger partial charge < -0.3 is 10.2 Å². The number of carbonyl (C=O) groups excluding carboxylic acids is 2. The molecule has 0 unspecified atom stereocenters. The van der Waals surface area contributed by atoms with E-state index in [0.717, 1.165) is 22.7 Å². The smallest absolute Gasteiger partial charge is 0.256 e. The Balaban J connectivity index is 1.74. The van der Waals surface area contributed by atoms with Crippen molar-refractivity contribution in [1.29, 1.82) is 0 Å². The van der Waals surface area contributed by atoms with Crippen molar-refractivity contribution in [2.24, 2.45) is 0 Å². The lowest BCUT2D eigenvalue weighted by Gasteiger charge is -2.21. The van der Waals surface area contributed by atoms with Crippen molar-refractivity contribution < 1.29 is 18.4 Å². The van der Waals surface area contributed by atoms with Gasteiger partial charge in [0.2, 0.25) is 5.91 Å². The van der Waals surface area contributed by atoms with Gasteiger partial charge in [-0.3, -0.25) is 14.6 Å². The highest BCUT2D eigenvalue weighted by atomic mass is 32.1. The maximum absolute atomic E-state index is 13.7. The number of thiophene rings is 1. The average Bonchev–Trinajstić information content (AvgIpc) is 3.23. The lowest BCUT2D eigenvalue weighted by Crippen LogP contribution is -2.38. The minimum atomic E-state index is -0.878. The maximum atomic E-state index is 13.7. The third-order valence-corrected chi connectivity index (χ3v) is 5.21. The van der Waals surface area contributed by atoms with Gasteiger partial charge in [0.25, 0.3) is 5.91 Å². The number of carbonyl (C=O) groups is 2. The summed E-state index contributed by atoms with van der Waals surface area (Å²) < 4.78 is 27.4. The largest absolute Gasteiger partial charge is 0.330 e. The van der Waals surface area contributed by atoms with E-state index in [1.807, 2.05) is 17.5 Å². The van der Waals surface area contributed by atoms with Crippen molar-refractivity contribution in [3.05, 3.63) is 70.7 Å². The number of anilines is 1. The van der Waals surface area contributed by atoms with E-state index < -0.39 is 23.2 Å². The molecule has 2 aromatic heterocycles. The number of aryl methyl sites for hydroxylation is 1. The van der Waals surface area contributed by atoms with Gasteiger partial charge in [0, 0.05) is 6.54 Å². The van der Waals surface area contributed by atoms with Crippen molar-refractivity contribution >= 4 is 28.8 Å². The Labute approximate surface area is 171 Å². The van der Waals surface area contributed by atoms with Crippen LogP contribution in [0.5, 0.6) is 0 Å². The van der Waals surface area contributed by atoms with E-state index in [2.05, 4.69) is 10.3 Å². The van der Waals surface area contributed by atoms with Crippen LogP contribution in [0.3, 0.4) is 0 Å². The van der Waals surface area contributed by atoms with Crippen LogP contribution in [0.25, 0.3) is 10.6 Å². The summed E-state index contributed by atoms with van der Waals surface area (Å²) >= 11 is 1.55. The molecule has 0 spiro atoms. The topological polar surface area (TPSA) is 62.3 Å². The Morgan fingerprint density at radius 3 is 2.41 bits per heavy atom. The molecule has 8 heteroatoms. The fourth-order valence-corrected chi connectivity index (χ4v) is 3.51. The molecule has 3 aromatic rings. The number of hydrogen-bond donors (Lipinski definition) is 1. The fraction of sp³-hybridized carbons (Fsp3) is 0.190. The number of halogens is 2. The predicted molar refractivity (Wildman–Crippen MR) is 109 cm³/mol. The first-order valence-corrected chi connectivity index (χ1v) is 9.83. The zero-order valence-corrected chi connectivity index (χ0v) is 16.7. The second-order valence-corrected chi connectivity index (χ2v) is 7.22. The molecule has 0 bridgehead atoms. The second kappa shape index (κ2) is 8.91. The number of pyridine rings is 1. The molecule has 0 aliphatic rings. The lowest BCUT2D eigenvalue weighted by molar-refractivity contribution is -0.116. The van der Waals surface area contributed by atoms with Crippen LogP contribution in [0.4, 0.5) is 14.5 Å². The number of likely N-dealkylation sites (N-methyl/N-ethyl adjacent to an activating group) is 1. The molecular weight excluding hydrogens is 396 g/mol. The number of nitrogens with one attached hydrogen (secondary N) is 1. The van der Waals surface area contributed by atoms with Crippen LogP contribution in [0.2, 0.25) is 0 Å². The quantitative estimate of drug-likeness (QED) is 0.645. The molecule has 5 nitrogen and oxygen atoms in total. The molecule has 150 valence electrons. The van der Waals surface area contributed by atoms with E-state index in [4.69, 9.17) is 0 Å². The van der Waals surface area contributed by atoms with Gasteiger partial charge in [0.1, 0.15) is 23.9 Å². The molecule has 3 rings (SSSR count). The molecule has 0 radical (unpaired) electrons. The zero-order valence-electron chi connectivity index (χ0n) is 15.9. The van der Waals surface area contributed by atoms with Crippen LogP contribution in [-0.2, 0) is 4.79 Å². The van der Waals surface area contributed by atoms with Crippen LogP contribution in [0, 0.1) is 18.6 Å². The molecule has 0 atom stereocenters. The summed E-state index contributed by atoms with van der Waals surface area (Å²) in [6, 6.07) is 10.6. The van der Waals surface area contributed by atoms with Crippen LogP contribution >= 0.6 is 11.3 Å². The van der Waals surface area contributed by atoms with Crippen molar-refractivity contribution in [1.82, 2.24) is 9.88 Å². The van der Waals surface area contributed by atoms with E-state index >= 15 is 0 Å². The molecular formula is C21H19F2N3O2S. The van der Waals surface area contributed by atoms with Gasteiger partial charge in [-0.15, -0.1) is 11.3 Å². The summed E-state index contributed by atoms with van der Waals surface area (Å²) in [6.07, 6.45) is 0. The first-order valence-electron chi connectivity index (χ1n) is 8.95. The molecule has 0 fully saturated rings.